The van der Waals surface area contributed by atoms with E-state index in [-0.39, 0.29) is 11.6 Å². The smallest absolute Gasteiger partial charge is 0.277 e. The summed E-state index contributed by atoms with van der Waals surface area (Å²) in [6, 6.07) is 16.9. The summed E-state index contributed by atoms with van der Waals surface area (Å²) in [5, 5.41) is 6.75. The van der Waals surface area contributed by atoms with E-state index in [9.17, 15) is 4.79 Å². The second-order valence-electron chi connectivity index (χ2n) is 6.47. The molecule has 0 radical (unpaired) electrons. The Bertz CT molecular complexity index is 928. The van der Waals surface area contributed by atoms with Crippen molar-refractivity contribution in [2.75, 3.05) is 30.4 Å². The number of amides is 1. The molecule has 1 aliphatic rings. The molecule has 2 heterocycles. The van der Waals surface area contributed by atoms with E-state index in [1.807, 2.05) is 48.5 Å². The second-order valence-corrected chi connectivity index (χ2v) is 6.47. The van der Waals surface area contributed by atoms with Crippen LogP contribution in [0, 0.1) is 0 Å². The second kappa shape index (κ2) is 7.53. The molecule has 0 atom stereocenters. The lowest BCUT2D eigenvalue weighted by atomic mass is 10.1. The van der Waals surface area contributed by atoms with Crippen molar-refractivity contribution >= 4 is 17.3 Å². The van der Waals surface area contributed by atoms with Crippen LogP contribution in [0.15, 0.2) is 59.1 Å². The van der Waals surface area contributed by atoms with Gasteiger partial charge in [-0.3, -0.25) is 4.79 Å². The summed E-state index contributed by atoms with van der Waals surface area (Å²) in [6.07, 6.45) is 2.47. The first-order valence-electron chi connectivity index (χ1n) is 9.01. The lowest BCUT2D eigenvalue weighted by Crippen LogP contribution is -2.17. The van der Waals surface area contributed by atoms with Gasteiger partial charge in [0.1, 0.15) is 5.75 Å². The zero-order chi connectivity index (χ0) is 18.6. The summed E-state index contributed by atoms with van der Waals surface area (Å²) in [5.41, 5.74) is 2.89. The van der Waals surface area contributed by atoms with Crippen molar-refractivity contribution in [3.05, 3.63) is 60.3 Å². The summed E-state index contributed by atoms with van der Waals surface area (Å²) < 4.78 is 10.7. The molecule has 6 heteroatoms. The van der Waals surface area contributed by atoms with Crippen LogP contribution in [0.4, 0.5) is 11.4 Å². The van der Waals surface area contributed by atoms with Crippen molar-refractivity contribution in [1.82, 2.24) is 5.16 Å². The summed E-state index contributed by atoms with van der Waals surface area (Å²) in [7, 11) is 1.59. The van der Waals surface area contributed by atoms with E-state index in [1.165, 1.54) is 18.5 Å². The van der Waals surface area contributed by atoms with Crippen LogP contribution in [0.1, 0.15) is 23.3 Å². The Morgan fingerprint density at radius 3 is 2.59 bits per heavy atom. The Labute approximate surface area is 157 Å². The molecule has 1 saturated heterocycles. The number of anilines is 2. The minimum atomic E-state index is -0.311. The van der Waals surface area contributed by atoms with Gasteiger partial charge < -0.3 is 19.5 Å². The van der Waals surface area contributed by atoms with Gasteiger partial charge in [0, 0.05) is 30.5 Å². The van der Waals surface area contributed by atoms with Gasteiger partial charge in [0.25, 0.3) is 5.91 Å². The lowest BCUT2D eigenvalue weighted by molar-refractivity contribution is 0.101. The van der Waals surface area contributed by atoms with Gasteiger partial charge in [0.2, 0.25) is 0 Å². The third kappa shape index (κ3) is 3.65. The van der Waals surface area contributed by atoms with Crippen LogP contribution in [0.3, 0.4) is 0 Å². The first kappa shape index (κ1) is 17.1. The van der Waals surface area contributed by atoms with Gasteiger partial charge in [-0.2, -0.15) is 0 Å². The fraction of sp³-hybridized carbons (Fsp3) is 0.238. The van der Waals surface area contributed by atoms with Gasteiger partial charge in [0.15, 0.2) is 11.5 Å². The van der Waals surface area contributed by atoms with Gasteiger partial charge >= 0.3 is 0 Å². The summed E-state index contributed by atoms with van der Waals surface area (Å²) in [5.74, 6) is 0.842. The molecule has 0 bridgehead atoms. The number of rotatable bonds is 5. The van der Waals surface area contributed by atoms with Crippen molar-refractivity contribution in [3.63, 3.8) is 0 Å². The predicted octanol–water partition coefficient (Wildman–Crippen LogP) is 4.20. The SMILES string of the molecule is COc1ccccc1-c1cc(C(=O)Nc2ccc(N3CCCC3)cc2)no1. The largest absolute Gasteiger partial charge is 0.496 e. The van der Waals surface area contributed by atoms with Gasteiger partial charge in [-0.1, -0.05) is 17.3 Å². The van der Waals surface area contributed by atoms with Gasteiger partial charge in [-0.25, -0.2) is 0 Å². The molecular formula is C21H21N3O3. The molecule has 1 N–H and O–H groups in total. The number of carbonyl (C=O) groups is 1. The number of benzene rings is 2. The van der Waals surface area contributed by atoms with Crippen molar-refractivity contribution in [1.29, 1.82) is 0 Å². The number of carbonyl (C=O) groups excluding carboxylic acids is 1. The van der Waals surface area contributed by atoms with E-state index in [2.05, 4.69) is 15.4 Å². The molecule has 4 rings (SSSR count). The molecular weight excluding hydrogens is 342 g/mol. The number of ether oxygens (including phenoxy) is 1. The van der Waals surface area contributed by atoms with Gasteiger partial charge in [-0.15, -0.1) is 0 Å². The highest BCUT2D eigenvalue weighted by atomic mass is 16.5. The Morgan fingerprint density at radius 2 is 1.85 bits per heavy atom. The number of nitrogens with zero attached hydrogens (tertiary/aromatic N) is 2. The number of hydrogen-bond donors (Lipinski definition) is 1. The van der Waals surface area contributed by atoms with Crippen molar-refractivity contribution in [3.8, 4) is 17.1 Å². The van der Waals surface area contributed by atoms with E-state index < -0.39 is 0 Å². The van der Waals surface area contributed by atoms with Crippen LogP contribution in [0.2, 0.25) is 0 Å². The molecule has 27 heavy (non-hydrogen) atoms. The average Bonchev–Trinajstić information content (AvgIpc) is 3.41. The number of para-hydroxylation sites is 1. The maximum atomic E-state index is 12.5. The number of aromatic nitrogens is 1. The first-order valence-corrected chi connectivity index (χ1v) is 9.01. The van der Waals surface area contributed by atoms with Gasteiger partial charge in [-0.05, 0) is 49.2 Å². The Balaban J connectivity index is 1.46. The van der Waals surface area contributed by atoms with E-state index in [4.69, 9.17) is 9.26 Å². The van der Waals surface area contributed by atoms with Crippen molar-refractivity contribution < 1.29 is 14.1 Å². The third-order valence-corrected chi connectivity index (χ3v) is 4.71. The fourth-order valence-electron chi connectivity index (χ4n) is 3.28. The first-order chi connectivity index (χ1) is 13.2. The maximum absolute atomic E-state index is 12.5. The molecule has 0 spiro atoms. The van der Waals surface area contributed by atoms with E-state index in [0.29, 0.717) is 11.5 Å². The lowest BCUT2D eigenvalue weighted by Gasteiger charge is -2.17. The maximum Gasteiger partial charge on any atom is 0.277 e. The standard InChI is InChI=1S/C21H21N3O3/c1-26-19-7-3-2-6-17(19)20-14-18(23-27-20)21(25)22-15-8-10-16(11-9-15)24-12-4-5-13-24/h2-3,6-11,14H,4-5,12-13H2,1H3,(H,22,25). The van der Waals surface area contributed by atoms with Crippen LogP contribution in [-0.2, 0) is 0 Å². The zero-order valence-electron chi connectivity index (χ0n) is 15.1. The van der Waals surface area contributed by atoms with Crippen LogP contribution in [0.5, 0.6) is 5.75 Å². The molecule has 0 unspecified atom stereocenters. The highest BCUT2D eigenvalue weighted by molar-refractivity contribution is 6.03. The quantitative estimate of drug-likeness (QED) is 0.736. The number of hydrogen-bond acceptors (Lipinski definition) is 5. The highest BCUT2D eigenvalue weighted by Crippen LogP contribution is 2.30. The molecule has 1 fully saturated rings. The molecule has 3 aromatic rings. The zero-order valence-corrected chi connectivity index (χ0v) is 15.1. The molecule has 138 valence electrons. The Kier molecular flexibility index (Phi) is 4.78. The molecule has 1 aromatic heterocycles. The summed E-state index contributed by atoms with van der Waals surface area (Å²) in [6.45, 7) is 2.19. The monoisotopic (exact) mass is 363 g/mol. The topological polar surface area (TPSA) is 67.6 Å². The number of methoxy groups -OCH3 is 1. The van der Waals surface area contributed by atoms with Crippen molar-refractivity contribution in [2.24, 2.45) is 0 Å². The van der Waals surface area contributed by atoms with E-state index in [0.717, 1.165) is 24.3 Å². The fourth-order valence-corrected chi connectivity index (χ4v) is 3.28. The summed E-state index contributed by atoms with van der Waals surface area (Å²) >= 11 is 0. The van der Waals surface area contributed by atoms with E-state index >= 15 is 0 Å². The normalized spacial score (nSPS) is 13.6. The predicted molar refractivity (Wildman–Crippen MR) is 104 cm³/mol. The number of nitrogens with one attached hydrogen (secondary N) is 1. The average molecular weight is 363 g/mol. The van der Waals surface area contributed by atoms with Crippen LogP contribution < -0.4 is 15.0 Å². The van der Waals surface area contributed by atoms with E-state index in [1.54, 1.807) is 13.2 Å². The molecule has 0 aliphatic carbocycles. The minimum absolute atomic E-state index is 0.222. The highest BCUT2D eigenvalue weighted by Gasteiger charge is 2.17. The van der Waals surface area contributed by atoms with Crippen molar-refractivity contribution in [2.45, 2.75) is 12.8 Å². The molecule has 0 saturated carbocycles. The molecule has 1 aliphatic heterocycles. The van der Waals surface area contributed by atoms with Crippen LogP contribution in [0.25, 0.3) is 11.3 Å². The van der Waals surface area contributed by atoms with Crippen LogP contribution in [-0.4, -0.2) is 31.3 Å². The molecule has 6 nitrogen and oxygen atoms in total. The Hall–Kier alpha value is -3.28. The Morgan fingerprint density at radius 1 is 1.11 bits per heavy atom. The van der Waals surface area contributed by atoms with Gasteiger partial charge in [0.05, 0.1) is 12.7 Å². The molecule has 1 amide bonds. The molecule has 2 aromatic carbocycles. The van der Waals surface area contributed by atoms with Crippen LogP contribution >= 0.6 is 0 Å². The summed E-state index contributed by atoms with van der Waals surface area (Å²) in [4.78, 5) is 14.8. The third-order valence-electron chi connectivity index (χ3n) is 4.71. The minimum Gasteiger partial charge on any atom is -0.496 e.